The van der Waals surface area contributed by atoms with Gasteiger partial charge in [0, 0.05) is 25.3 Å². The largest absolute Gasteiger partial charge is 0.490 e. The van der Waals surface area contributed by atoms with Crippen molar-refractivity contribution in [1.82, 2.24) is 4.90 Å². The molecule has 166 valence electrons. The molecule has 2 aromatic rings. The zero-order valence-electron chi connectivity index (χ0n) is 18.4. The fraction of sp³-hybridized carbons (Fsp3) is 0.556. The van der Waals surface area contributed by atoms with Gasteiger partial charge in [-0.2, -0.15) is 0 Å². The molecule has 4 fully saturated rings. The Bertz CT molecular complexity index is 843. The normalized spacial score (nSPS) is 28.2. The predicted octanol–water partition coefficient (Wildman–Crippen LogP) is 4.41. The van der Waals surface area contributed by atoms with Crippen molar-refractivity contribution in [1.29, 1.82) is 0 Å². The molecule has 4 aliphatic heterocycles. The van der Waals surface area contributed by atoms with Gasteiger partial charge in [0.05, 0.1) is 18.8 Å². The lowest BCUT2D eigenvalue weighted by atomic mass is 9.66. The third-order valence-corrected chi connectivity index (χ3v) is 7.75. The summed E-state index contributed by atoms with van der Waals surface area (Å²) in [6.07, 6.45) is 6.08. The summed E-state index contributed by atoms with van der Waals surface area (Å²) in [7, 11) is 0. The number of piperidine rings is 3. The quantitative estimate of drug-likeness (QED) is 0.719. The van der Waals surface area contributed by atoms with Crippen LogP contribution in [0.25, 0.3) is 0 Å². The minimum Gasteiger partial charge on any atom is -0.490 e. The molecule has 2 atom stereocenters. The van der Waals surface area contributed by atoms with Crippen molar-refractivity contribution < 1.29 is 14.6 Å². The van der Waals surface area contributed by atoms with Crippen LogP contribution in [0.4, 0.5) is 0 Å². The average Bonchev–Trinajstić information content (AvgIpc) is 2.85. The lowest BCUT2D eigenvalue weighted by molar-refractivity contribution is -0.106. The van der Waals surface area contributed by atoms with Gasteiger partial charge in [-0.05, 0) is 61.9 Å². The first-order valence-corrected chi connectivity index (χ1v) is 12.0. The molecule has 2 aromatic carbocycles. The van der Waals surface area contributed by atoms with Gasteiger partial charge in [0.15, 0.2) is 0 Å². The maximum absolute atomic E-state index is 12.2. The van der Waals surface area contributed by atoms with E-state index >= 15 is 0 Å². The number of nitrogens with zero attached hydrogens (tertiary/aromatic N) is 1. The Morgan fingerprint density at radius 2 is 1.65 bits per heavy atom. The Morgan fingerprint density at radius 1 is 0.935 bits per heavy atom. The van der Waals surface area contributed by atoms with Crippen LogP contribution in [-0.4, -0.2) is 49.0 Å². The third-order valence-electron chi connectivity index (χ3n) is 7.75. The first kappa shape index (κ1) is 21.0. The SMILES string of the molecule is OC(CCc1ccccc1OC1CCOCC1)(c1ccccc1)[C@H]1CN2CCC1CC2. The average molecular weight is 422 g/mol. The van der Waals surface area contributed by atoms with Crippen LogP contribution in [0.1, 0.15) is 43.2 Å². The molecule has 4 nitrogen and oxygen atoms in total. The Hall–Kier alpha value is -1.88. The molecular weight excluding hydrogens is 386 g/mol. The van der Waals surface area contributed by atoms with Crippen molar-refractivity contribution in [2.75, 3.05) is 32.8 Å². The number of aryl methyl sites for hydroxylation is 1. The van der Waals surface area contributed by atoms with Crippen LogP contribution >= 0.6 is 0 Å². The molecule has 2 bridgehead atoms. The van der Waals surface area contributed by atoms with E-state index in [1.807, 2.05) is 6.07 Å². The first-order valence-electron chi connectivity index (χ1n) is 12.0. The lowest BCUT2D eigenvalue weighted by Gasteiger charge is -2.51. The number of para-hydroxylation sites is 1. The minimum atomic E-state index is -0.809. The molecule has 0 spiro atoms. The number of fused-ring (bicyclic) bond motifs is 3. The number of hydrogen-bond donors (Lipinski definition) is 1. The smallest absolute Gasteiger partial charge is 0.122 e. The molecular formula is C27H35NO3. The van der Waals surface area contributed by atoms with Crippen molar-refractivity contribution in [3.05, 3.63) is 65.7 Å². The number of aliphatic hydroxyl groups is 1. The maximum Gasteiger partial charge on any atom is 0.122 e. The van der Waals surface area contributed by atoms with Crippen LogP contribution in [0.3, 0.4) is 0 Å². The van der Waals surface area contributed by atoms with Gasteiger partial charge < -0.3 is 19.5 Å². The summed E-state index contributed by atoms with van der Waals surface area (Å²) in [6, 6.07) is 18.8. The van der Waals surface area contributed by atoms with Gasteiger partial charge in [0.25, 0.3) is 0 Å². The molecule has 0 aromatic heterocycles. The van der Waals surface area contributed by atoms with Crippen molar-refractivity contribution in [3.63, 3.8) is 0 Å². The molecule has 0 amide bonds. The Kier molecular flexibility index (Phi) is 6.31. The van der Waals surface area contributed by atoms with Gasteiger partial charge in [-0.25, -0.2) is 0 Å². The highest BCUT2D eigenvalue weighted by Crippen LogP contribution is 2.46. The zero-order valence-corrected chi connectivity index (χ0v) is 18.4. The molecule has 0 aliphatic carbocycles. The molecule has 6 rings (SSSR count). The van der Waals surface area contributed by atoms with E-state index in [2.05, 4.69) is 53.4 Å². The Morgan fingerprint density at radius 3 is 2.35 bits per heavy atom. The van der Waals surface area contributed by atoms with E-state index in [9.17, 15) is 5.11 Å². The van der Waals surface area contributed by atoms with Gasteiger partial charge in [-0.3, -0.25) is 0 Å². The summed E-state index contributed by atoms with van der Waals surface area (Å²) >= 11 is 0. The summed E-state index contributed by atoms with van der Waals surface area (Å²) in [6.45, 7) is 4.94. The van der Waals surface area contributed by atoms with Crippen molar-refractivity contribution >= 4 is 0 Å². The van der Waals surface area contributed by atoms with Gasteiger partial charge in [0.1, 0.15) is 11.9 Å². The van der Waals surface area contributed by atoms with E-state index in [-0.39, 0.29) is 6.10 Å². The van der Waals surface area contributed by atoms with Crippen LogP contribution in [-0.2, 0) is 16.8 Å². The van der Waals surface area contributed by atoms with E-state index in [1.165, 1.54) is 31.5 Å². The van der Waals surface area contributed by atoms with Crippen LogP contribution in [0, 0.1) is 11.8 Å². The van der Waals surface area contributed by atoms with Gasteiger partial charge in [-0.1, -0.05) is 48.5 Å². The number of rotatable bonds is 7. The fourth-order valence-electron chi connectivity index (χ4n) is 5.90. The minimum absolute atomic E-state index is 0.227. The number of benzene rings is 2. The van der Waals surface area contributed by atoms with Crippen LogP contribution in [0.15, 0.2) is 54.6 Å². The van der Waals surface area contributed by atoms with E-state index in [4.69, 9.17) is 9.47 Å². The van der Waals surface area contributed by atoms with Gasteiger partial charge in [0.2, 0.25) is 0 Å². The molecule has 0 radical (unpaired) electrons. The van der Waals surface area contributed by atoms with E-state index in [0.29, 0.717) is 11.8 Å². The molecule has 4 heteroatoms. The molecule has 4 saturated heterocycles. The second kappa shape index (κ2) is 9.32. The van der Waals surface area contributed by atoms with Crippen molar-refractivity contribution in [2.24, 2.45) is 11.8 Å². The maximum atomic E-state index is 12.2. The monoisotopic (exact) mass is 421 g/mol. The third kappa shape index (κ3) is 4.52. The highest BCUT2D eigenvalue weighted by molar-refractivity contribution is 5.34. The summed E-state index contributed by atoms with van der Waals surface area (Å²) < 4.78 is 11.9. The van der Waals surface area contributed by atoms with Crippen molar-refractivity contribution in [2.45, 2.75) is 50.2 Å². The number of hydrogen-bond acceptors (Lipinski definition) is 4. The Labute approximate surface area is 186 Å². The first-order chi connectivity index (χ1) is 15.2. The predicted molar refractivity (Wildman–Crippen MR) is 122 cm³/mol. The Balaban J connectivity index is 1.37. The summed E-state index contributed by atoms with van der Waals surface area (Å²) in [4.78, 5) is 2.54. The summed E-state index contributed by atoms with van der Waals surface area (Å²) in [5, 5.41) is 12.2. The fourth-order valence-corrected chi connectivity index (χ4v) is 5.90. The summed E-state index contributed by atoms with van der Waals surface area (Å²) in [5.41, 5.74) is 1.46. The second-order valence-corrected chi connectivity index (χ2v) is 9.57. The standard InChI is InChI=1S/C27H35NO3/c29-27(23-7-2-1-3-8-23,25-20-28-16-11-21(25)12-17-28)15-10-22-6-4-5-9-26(22)31-24-13-18-30-19-14-24/h1-9,21,24-25,29H,10-20H2/t25-,27?/m0/s1. The highest BCUT2D eigenvalue weighted by atomic mass is 16.5. The van der Waals surface area contributed by atoms with Gasteiger partial charge >= 0.3 is 0 Å². The van der Waals surface area contributed by atoms with Crippen molar-refractivity contribution in [3.8, 4) is 5.75 Å². The molecule has 1 unspecified atom stereocenters. The van der Waals surface area contributed by atoms with Crippen LogP contribution in [0.2, 0.25) is 0 Å². The number of ether oxygens (including phenoxy) is 2. The van der Waals surface area contributed by atoms with Crippen LogP contribution in [0.5, 0.6) is 5.75 Å². The van der Waals surface area contributed by atoms with Crippen LogP contribution < -0.4 is 4.74 Å². The molecule has 31 heavy (non-hydrogen) atoms. The second-order valence-electron chi connectivity index (χ2n) is 9.57. The zero-order chi connectivity index (χ0) is 21.1. The van der Waals surface area contributed by atoms with E-state index in [1.54, 1.807) is 0 Å². The van der Waals surface area contributed by atoms with E-state index < -0.39 is 5.60 Å². The molecule has 4 heterocycles. The van der Waals surface area contributed by atoms with E-state index in [0.717, 1.165) is 56.8 Å². The molecule has 1 N–H and O–H groups in total. The summed E-state index contributed by atoms with van der Waals surface area (Å²) in [5.74, 6) is 1.88. The highest BCUT2D eigenvalue weighted by Gasteiger charge is 2.47. The molecule has 4 aliphatic rings. The lowest BCUT2D eigenvalue weighted by Crippen LogP contribution is -2.55. The molecule has 0 saturated carbocycles. The van der Waals surface area contributed by atoms with Gasteiger partial charge in [-0.15, -0.1) is 0 Å². The topological polar surface area (TPSA) is 41.9 Å².